The first-order chi connectivity index (χ1) is 7.15. The van der Waals surface area contributed by atoms with E-state index in [1.54, 1.807) is 0 Å². The molecule has 0 saturated heterocycles. The molecule has 15 heavy (non-hydrogen) atoms. The number of nitrogens with zero attached hydrogens (tertiary/aromatic N) is 3. The van der Waals surface area contributed by atoms with Crippen molar-refractivity contribution in [2.45, 2.75) is 53.0 Å². The van der Waals surface area contributed by atoms with Crippen LogP contribution in [0.15, 0.2) is 0 Å². The molecule has 1 rings (SSSR count). The lowest BCUT2D eigenvalue weighted by Gasteiger charge is -2.07. The zero-order valence-electron chi connectivity index (χ0n) is 10.0. The van der Waals surface area contributed by atoms with Crippen LogP contribution < -0.4 is 5.73 Å². The lowest BCUT2D eigenvalue weighted by Crippen LogP contribution is -2.07. The molecule has 0 amide bonds. The van der Waals surface area contributed by atoms with Gasteiger partial charge < -0.3 is 5.73 Å². The summed E-state index contributed by atoms with van der Waals surface area (Å²) >= 11 is 0. The van der Waals surface area contributed by atoms with Gasteiger partial charge in [-0.05, 0) is 25.2 Å². The van der Waals surface area contributed by atoms with Crippen LogP contribution in [-0.4, -0.2) is 15.0 Å². The summed E-state index contributed by atoms with van der Waals surface area (Å²) in [7, 11) is 0. The molecule has 0 atom stereocenters. The Labute approximate surface area is 91.9 Å². The second-order valence-electron chi connectivity index (χ2n) is 4.43. The molecule has 0 aliphatic heterocycles. The Balaban J connectivity index is 2.52. The van der Waals surface area contributed by atoms with Crippen molar-refractivity contribution < 1.29 is 0 Å². The van der Waals surface area contributed by atoms with Gasteiger partial charge in [-0.3, -0.25) is 0 Å². The van der Waals surface area contributed by atoms with Crippen LogP contribution in [0.4, 0.5) is 5.82 Å². The Kier molecular flexibility index (Phi) is 4.59. The van der Waals surface area contributed by atoms with Gasteiger partial charge >= 0.3 is 0 Å². The molecule has 4 heteroatoms. The van der Waals surface area contributed by atoms with Crippen molar-refractivity contribution in [2.75, 3.05) is 5.73 Å². The molecule has 1 heterocycles. The average molecular weight is 210 g/mol. The number of nitrogens with two attached hydrogens (primary N) is 1. The lowest BCUT2D eigenvalue weighted by molar-refractivity contribution is 0.472. The van der Waals surface area contributed by atoms with Gasteiger partial charge in [0.15, 0.2) is 5.82 Å². The minimum absolute atomic E-state index is 0.599. The number of aryl methyl sites for hydroxylation is 1. The monoisotopic (exact) mass is 210 g/mol. The zero-order chi connectivity index (χ0) is 11.3. The third-order valence-corrected chi connectivity index (χ3v) is 2.51. The van der Waals surface area contributed by atoms with E-state index in [0.717, 1.165) is 37.4 Å². The molecule has 0 bridgehead atoms. The minimum atomic E-state index is 0.599. The highest BCUT2D eigenvalue weighted by Gasteiger charge is 2.08. The summed E-state index contributed by atoms with van der Waals surface area (Å²) in [6.07, 6.45) is 4.44. The van der Waals surface area contributed by atoms with E-state index in [9.17, 15) is 0 Å². The quantitative estimate of drug-likeness (QED) is 0.783. The van der Waals surface area contributed by atoms with Gasteiger partial charge in [0, 0.05) is 6.54 Å². The first kappa shape index (κ1) is 12.0. The Morgan fingerprint density at radius 3 is 2.73 bits per heavy atom. The third-order valence-electron chi connectivity index (χ3n) is 2.51. The Morgan fingerprint density at radius 1 is 1.40 bits per heavy atom. The third kappa shape index (κ3) is 3.53. The molecule has 2 N–H and O–H groups in total. The summed E-state index contributed by atoms with van der Waals surface area (Å²) in [5.41, 5.74) is 6.86. The van der Waals surface area contributed by atoms with Gasteiger partial charge in [0.05, 0.1) is 5.69 Å². The molecule has 0 spiro atoms. The number of hydrogen-bond acceptors (Lipinski definition) is 3. The van der Waals surface area contributed by atoms with Gasteiger partial charge in [0.1, 0.15) is 0 Å². The average Bonchev–Trinajstić information content (AvgIpc) is 2.50. The maximum absolute atomic E-state index is 5.76. The first-order valence-corrected chi connectivity index (χ1v) is 5.83. The number of aromatic nitrogens is 3. The molecule has 0 aromatic carbocycles. The van der Waals surface area contributed by atoms with Crippen LogP contribution in [0.3, 0.4) is 0 Å². The van der Waals surface area contributed by atoms with E-state index in [0.29, 0.717) is 5.82 Å². The summed E-state index contributed by atoms with van der Waals surface area (Å²) in [6.45, 7) is 7.56. The number of nitrogen functional groups attached to an aromatic ring is 1. The van der Waals surface area contributed by atoms with Gasteiger partial charge in [-0.25, -0.2) is 4.68 Å². The molecule has 0 unspecified atom stereocenters. The minimum Gasteiger partial charge on any atom is -0.381 e. The molecular weight excluding hydrogens is 188 g/mol. The normalized spacial score (nSPS) is 11.2. The number of anilines is 1. The predicted molar refractivity (Wildman–Crippen MR) is 62.5 cm³/mol. The summed E-state index contributed by atoms with van der Waals surface area (Å²) in [4.78, 5) is 0. The van der Waals surface area contributed by atoms with Crippen LogP contribution in [0, 0.1) is 5.92 Å². The van der Waals surface area contributed by atoms with E-state index in [2.05, 4.69) is 31.1 Å². The summed E-state index contributed by atoms with van der Waals surface area (Å²) < 4.78 is 1.96. The number of rotatable bonds is 6. The van der Waals surface area contributed by atoms with Crippen molar-refractivity contribution in [3.05, 3.63) is 5.69 Å². The number of hydrogen-bond donors (Lipinski definition) is 1. The Morgan fingerprint density at radius 2 is 2.13 bits per heavy atom. The molecular formula is C11H22N4. The van der Waals surface area contributed by atoms with Crippen LogP contribution in [-0.2, 0) is 13.0 Å². The fourth-order valence-corrected chi connectivity index (χ4v) is 1.67. The maximum atomic E-state index is 5.76. The van der Waals surface area contributed by atoms with E-state index < -0.39 is 0 Å². The summed E-state index contributed by atoms with van der Waals surface area (Å²) in [5, 5.41) is 8.00. The Bertz CT molecular complexity index is 291. The fraction of sp³-hybridized carbons (Fsp3) is 0.818. The standard InChI is InChI=1S/C11H22N4/c1-4-6-10-11(12)13-14-15(10)8-5-7-9(2)3/h9H,4-8,12H2,1-3H3. The van der Waals surface area contributed by atoms with Crippen LogP contribution in [0.1, 0.15) is 45.7 Å². The van der Waals surface area contributed by atoms with Gasteiger partial charge in [-0.15, -0.1) is 5.10 Å². The van der Waals surface area contributed by atoms with E-state index in [4.69, 9.17) is 5.73 Å². The molecule has 0 fully saturated rings. The molecule has 1 aromatic heterocycles. The van der Waals surface area contributed by atoms with Crippen LogP contribution in [0.2, 0.25) is 0 Å². The van der Waals surface area contributed by atoms with Crippen molar-refractivity contribution in [1.29, 1.82) is 0 Å². The fourth-order valence-electron chi connectivity index (χ4n) is 1.67. The zero-order valence-corrected chi connectivity index (χ0v) is 10.0. The molecule has 0 radical (unpaired) electrons. The van der Waals surface area contributed by atoms with Crippen molar-refractivity contribution in [2.24, 2.45) is 5.92 Å². The Hall–Kier alpha value is -1.06. The molecule has 1 aromatic rings. The molecule has 0 aliphatic carbocycles. The summed E-state index contributed by atoms with van der Waals surface area (Å²) in [6, 6.07) is 0. The van der Waals surface area contributed by atoms with E-state index >= 15 is 0 Å². The van der Waals surface area contributed by atoms with E-state index in [1.165, 1.54) is 6.42 Å². The second kappa shape index (κ2) is 5.73. The van der Waals surface area contributed by atoms with Gasteiger partial charge in [0.2, 0.25) is 0 Å². The highest BCUT2D eigenvalue weighted by molar-refractivity contribution is 5.32. The lowest BCUT2D eigenvalue weighted by atomic mass is 10.1. The predicted octanol–water partition coefficient (Wildman–Crippen LogP) is 2.25. The van der Waals surface area contributed by atoms with E-state index in [-0.39, 0.29) is 0 Å². The molecule has 4 nitrogen and oxygen atoms in total. The smallest absolute Gasteiger partial charge is 0.169 e. The van der Waals surface area contributed by atoms with Crippen molar-refractivity contribution in [3.63, 3.8) is 0 Å². The molecule has 0 aliphatic rings. The topological polar surface area (TPSA) is 56.7 Å². The second-order valence-corrected chi connectivity index (χ2v) is 4.43. The van der Waals surface area contributed by atoms with Gasteiger partial charge in [0.25, 0.3) is 0 Å². The first-order valence-electron chi connectivity index (χ1n) is 5.83. The summed E-state index contributed by atoms with van der Waals surface area (Å²) in [5.74, 6) is 1.35. The van der Waals surface area contributed by atoms with Gasteiger partial charge in [-0.2, -0.15) is 0 Å². The highest BCUT2D eigenvalue weighted by atomic mass is 15.4. The maximum Gasteiger partial charge on any atom is 0.169 e. The highest BCUT2D eigenvalue weighted by Crippen LogP contribution is 2.12. The van der Waals surface area contributed by atoms with Crippen molar-refractivity contribution in [3.8, 4) is 0 Å². The van der Waals surface area contributed by atoms with Crippen LogP contribution in [0.5, 0.6) is 0 Å². The SMILES string of the molecule is CCCc1c(N)nnn1CCCC(C)C. The van der Waals surface area contributed by atoms with Crippen molar-refractivity contribution in [1.82, 2.24) is 15.0 Å². The van der Waals surface area contributed by atoms with Crippen molar-refractivity contribution >= 4 is 5.82 Å². The molecule has 86 valence electrons. The largest absolute Gasteiger partial charge is 0.381 e. The molecule has 0 saturated carbocycles. The van der Waals surface area contributed by atoms with E-state index in [1.807, 2.05) is 4.68 Å². The van der Waals surface area contributed by atoms with Gasteiger partial charge in [-0.1, -0.05) is 32.4 Å². The van der Waals surface area contributed by atoms with Crippen LogP contribution in [0.25, 0.3) is 0 Å². The van der Waals surface area contributed by atoms with Crippen LogP contribution >= 0.6 is 0 Å².